The number of nitrogens with zero attached hydrogens (tertiary/aromatic N) is 4. The fraction of sp³-hybridized carbons (Fsp3) is 0.348. The van der Waals surface area contributed by atoms with Crippen LogP contribution in [0.25, 0.3) is 5.69 Å². The lowest BCUT2D eigenvalue weighted by Crippen LogP contribution is -2.46. The average Bonchev–Trinajstić information content (AvgIpc) is 3.29. The lowest BCUT2D eigenvalue weighted by molar-refractivity contribution is 0.128. The molecule has 1 fully saturated rings. The van der Waals surface area contributed by atoms with Gasteiger partial charge < -0.3 is 9.64 Å². The predicted octanol–water partition coefficient (Wildman–Crippen LogP) is 3.24. The molecule has 0 bridgehead atoms. The third kappa shape index (κ3) is 4.80. The van der Waals surface area contributed by atoms with E-state index in [-0.39, 0.29) is 0 Å². The Hall–Kier alpha value is -2.63. The number of aromatic nitrogens is 2. The minimum absolute atomic E-state index is 0.926. The molecule has 5 heteroatoms. The van der Waals surface area contributed by atoms with Gasteiger partial charge in [0.1, 0.15) is 5.75 Å². The number of rotatable bonds is 7. The van der Waals surface area contributed by atoms with Gasteiger partial charge in [0, 0.05) is 51.7 Å². The van der Waals surface area contributed by atoms with E-state index in [4.69, 9.17) is 4.74 Å². The van der Waals surface area contributed by atoms with E-state index in [1.165, 1.54) is 11.1 Å². The number of hydrogen-bond acceptors (Lipinski definition) is 4. The van der Waals surface area contributed by atoms with Gasteiger partial charge in [0.15, 0.2) is 0 Å². The van der Waals surface area contributed by atoms with Crippen molar-refractivity contribution < 1.29 is 4.74 Å². The Balaban J connectivity index is 1.21. The summed E-state index contributed by atoms with van der Waals surface area (Å²) in [5.41, 5.74) is 3.85. The van der Waals surface area contributed by atoms with Crippen molar-refractivity contribution in [2.75, 3.05) is 39.8 Å². The number of ether oxygens (including phenoxy) is 1. The molecule has 2 heterocycles. The van der Waals surface area contributed by atoms with E-state index >= 15 is 0 Å². The van der Waals surface area contributed by atoms with Crippen molar-refractivity contribution in [2.45, 2.75) is 13.0 Å². The molecule has 1 aliphatic heterocycles. The van der Waals surface area contributed by atoms with Crippen molar-refractivity contribution in [3.8, 4) is 11.4 Å². The number of piperazine rings is 1. The van der Waals surface area contributed by atoms with Crippen molar-refractivity contribution in [1.82, 2.24) is 19.6 Å². The molecule has 0 aliphatic carbocycles. The number of hydrogen-bond donors (Lipinski definition) is 0. The Morgan fingerprint density at radius 1 is 0.857 bits per heavy atom. The van der Waals surface area contributed by atoms with Crippen LogP contribution in [0, 0.1) is 0 Å². The van der Waals surface area contributed by atoms with E-state index in [0.29, 0.717) is 0 Å². The summed E-state index contributed by atoms with van der Waals surface area (Å²) in [7, 11) is 1.71. The first-order chi connectivity index (χ1) is 13.8. The van der Waals surface area contributed by atoms with Crippen LogP contribution in [0.5, 0.6) is 5.75 Å². The summed E-state index contributed by atoms with van der Waals surface area (Å²) < 4.78 is 7.12. The summed E-state index contributed by atoms with van der Waals surface area (Å²) in [6.07, 6.45) is 4.88. The molecule has 2 aromatic carbocycles. The molecule has 0 unspecified atom stereocenters. The topological polar surface area (TPSA) is 33.5 Å². The summed E-state index contributed by atoms with van der Waals surface area (Å²) >= 11 is 0. The van der Waals surface area contributed by atoms with E-state index in [9.17, 15) is 0 Å². The van der Waals surface area contributed by atoms with Crippen molar-refractivity contribution in [2.24, 2.45) is 0 Å². The Bertz CT molecular complexity index is 835. The number of benzene rings is 2. The highest BCUT2D eigenvalue weighted by Gasteiger charge is 2.16. The molecule has 0 N–H and O–H groups in total. The molecule has 0 amide bonds. The maximum atomic E-state index is 5.23. The van der Waals surface area contributed by atoms with Crippen molar-refractivity contribution in [1.29, 1.82) is 0 Å². The van der Waals surface area contributed by atoms with Crippen LogP contribution >= 0.6 is 0 Å². The molecule has 0 spiro atoms. The Morgan fingerprint density at radius 3 is 2.18 bits per heavy atom. The SMILES string of the molecule is COc1ccc(CCN2CCN(Cc3ccc(-n4cccn4)cc3)CC2)cc1. The van der Waals surface area contributed by atoms with Gasteiger partial charge in [-0.25, -0.2) is 4.68 Å². The van der Waals surface area contributed by atoms with Crippen molar-refractivity contribution in [3.63, 3.8) is 0 Å². The second-order valence-electron chi connectivity index (χ2n) is 7.33. The molecule has 1 saturated heterocycles. The first-order valence-electron chi connectivity index (χ1n) is 9.97. The zero-order valence-corrected chi connectivity index (χ0v) is 16.5. The lowest BCUT2D eigenvalue weighted by atomic mass is 10.1. The van der Waals surface area contributed by atoms with Crippen LogP contribution in [0.3, 0.4) is 0 Å². The molecule has 4 rings (SSSR count). The molecule has 0 atom stereocenters. The highest BCUT2D eigenvalue weighted by atomic mass is 16.5. The molecular formula is C23H28N4O. The van der Waals surface area contributed by atoms with Crippen molar-refractivity contribution in [3.05, 3.63) is 78.1 Å². The summed E-state index contributed by atoms with van der Waals surface area (Å²) in [6, 6.07) is 19.1. The van der Waals surface area contributed by atoms with Gasteiger partial charge in [-0.15, -0.1) is 0 Å². The standard InChI is InChI=1S/C23H28N4O/c1-28-23-9-5-20(6-10-23)11-14-25-15-17-26(18-16-25)19-21-3-7-22(8-4-21)27-13-2-12-24-27/h2-10,12-13H,11,14-19H2,1H3. The zero-order valence-electron chi connectivity index (χ0n) is 16.5. The minimum Gasteiger partial charge on any atom is -0.497 e. The quantitative estimate of drug-likeness (QED) is 0.634. The summed E-state index contributed by atoms with van der Waals surface area (Å²) in [4.78, 5) is 5.12. The van der Waals surface area contributed by atoms with E-state index in [2.05, 4.69) is 51.3 Å². The minimum atomic E-state index is 0.926. The molecule has 0 radical (unpaired) electrons. The van der Waals surface area contributed by atoms with Gasteiger partial charge in [-0.05, 0) is 47.9 Å². The van der Waals surface area contributed by atoms with Gasteiger partial charge in [0.2, 0.25) is 0 Å². The van der Waals surface area contributed by atoms with E-state index in [1.54, 1.807) is 7.11 Å². The average molecular weight is 377 g/mol. The van der Waals surface area contributed by atoms with Crippen LogP contribution in [-0.2, 0) is 13.0 Å². The highest BCUT2D eigenvalue weighted by molar-refractivity contribution is 5.33. The summed E-state index contributed by atoms with van der Waals surface area (Å²) in [6.45, 7) is 6.68. The van der Waals surface area contributed by atoms with Gasteiger partial charge >= 0.3 is 0 Å². The van der Waals surface area contributed by atoms with Crippen LogP contribution in [-0.4, -0.2) is 59.4 Å². The van der Waals surface area contributed by atoms with E-state index < -0.39 is 0 Å². The van der Waals surface area contributed by atoms with Gasteiger partial charge in [0.25, 0.3) is 0 Å². The Kier molecular flexibility index (Phi) is 6.04. The second kappa shape index (κ2) is 9.04. The Morgan fingerprint density at radius 2 is 1.54 bits per heavy atom. The lowest BCUT2D eigenvalue weighted by Gasteiger charge is -2.34. The maximum absolute atomic E-state index is 5.23. The fourth-order valence-corrected chi connectivity index (χ4v) is 3.68. The van der Waals surface area contributed by atoms with E-state index in [0.717, 1.165) is 57.1 Å². The summed E-state index contributed by atoms with van der Waals surface area (Å²) in [5, 5.41) is 4.28. The molecule has 1 aromatic heterocycles. The van der Waals surface area contributed by atoms with Gasteiger partial charge in [0.05, 0.1) is 12.8 Å². The molecule has 1 aliphatic rings. The van der Waals surface area contributed by atoms with Gasteiger partial charge in [-0.2, -0.15) is 5.10 Å². The summed E-state index contributed by atoms with van der Waals surface area (Å²) in [5.74, 6) is 0.926. The Labute approximate surface area is 167 Å². The highest BCUT2D eigenvalue weighted by Crippen LogP contribution is 2.14. The zero-order chi connectivity index (χ0) is 19.2. The first-order valence-corrected chi connectivity index (χ1v) is 9.97. The molecule has 28 heavy (non-hydrogen) atoms. The molecule has 146 valence electrons. The normalized spacial score (nSPS) is 15.6. The van der Waals surface area contributed by atoms with Crippen molar-refractivity contribution >= 4 is 0 Å². The third-order valence-corrected chi connectivity index (χ3v) is 5.45. The maximum Gasteiger partial charge on any atom is 0.118 e. The van der Waals surface area contributed by atoms with Gasteiger partial charge in [-0.3, -0.25) is 4.90 Å². The van der Waals surface area contributed by atoms with Crippen LogP contribution in [0.15, 0.2) is 67.0 Å². The van der Waals surface area contributed by atoms with Crippen LogP contribution < -0.4 is 4.74 Å². The molecule has 0 saturated carbocycles. The predicted molar refractivity (Wildman–Crippen MR) is 112 cm³/mol. The van der Waals surface area contributed by atoms with Gasteiger partial charge in [-0.1, -0.05) is 24.3 Å². The molecular weight excluding hydrogens is 348 g/mol. The smallest absolute Gasteiger partial charge is 0.118 e. The molecule has 5 nitrogen and oxygen atoms in total. The monoisotopic (exact) mass is 376 g/mol. The largest absolute Gasteiger partial charge is 0.497 e. The van der Waals surface area contributed by atoms with Crippen LogP contribution in [0.2, 0.25) is 0 Å². The molecule has 3 aromatic rings. The third-order valence-electron chi connectivity index (χ3n) is 5.45. The van der Waals surface area contributed by atoms with Crippen LogP contribution in [0.4, 0.5) is 0 Å². The van der Waals surface area contributed by atoms with Crippen LogP contribution in [0.1, 0.15) is 11.1 Å². The first kappa shape index (κ1) is 18.7. The second-order valence-corrected chi connectivity index (χ2v) is 7.33. The fourth-order valence-electron chi connectivity index (χ4n) is 3.68. The number of methoxy groups -OCH3 is 1. The van der Waals surface area contributed by atoms with E-state index in [1.807, 2.05) is 35.3 Å².